The van der Waals surface area contributed by atoms with Crippen molar-refractivity contribution in [3.63, 3.8) is 0 Å². The number of esters is 1. The Morgan fingerprint density at radius 1 is 1.64 bits per heavy atom. The standard InChI is InChI=1S/C9H12O2/c1-6-9(4,5)11-8(10)7(2)3/h1H,2H2,3-5H3. The topological polar surface area (TPSA) is 26.3 Å². The molecule has 0 N–H and O–H groups in total. The van der Waals surface area contributed by atoms with Crippen molar-refractivity contribution in [2.45, 2.75) is 26.4 Å². The van der Waals surface area contributed by atoms with Gasteiger partial charge in [-0.3, -0.25) is 0 Å². The van der Waals surface area contributed by atoms with Gasteiger partial charge in [-0.25, -0.2) is 4.79 Å². The van der Waals surface area contributed by atoms with E-state index in [-0.39, 0.29) is 0 Å². The van der Waals surface area contributed by atoms with E-state index in [9.17, 15) is 4.79 Å². The minimum absolute atomic E-state index is 0.355. The van der Waals surface area contributed by atoms with Gasteiger partial charge in [-0.1, -0.05) is 12.5 Å². The monoisotopic (exact) mass is 152 g/mol. The van der Waals surface area contributed by atoms with E-state index >= 15 is 0 Å². The van der Waals surface area contributed by atoms with Crippen LogP contribution in [0.2, 0.25) is 0 Å². The van der Waals surface area contributed by atoms with Crippen molar-refractivity contribution in [2.24, 2.45) is 0 Å². The Kier molecular flexibility index (Phi) is 2.88. The van der Waals surface area contributed by atoms with Crippen LogP contribution < -0.4 is 0 Å². The van der Waals surface area contributed by atoms with Crippen LogP contribution in [0, 0.1) is 12.3 Å². The summed E-state index contributed by atoms with van der Waals surface area (Å²) in [7, 11) is 0. The number of hydrogen-bond donors (Lipinski definition) is 0. The van der Waals surface area contributed by atoms with E-state index in [1.807, 2.05) is 0 Å². The first-order valence-corrected chi connectivity index (χ1v) is 3.25. The molecule has 0 unspecified atom stereocenters. The molecule has 0 aliphatic heterocycles. The largest absolute Gasteiger partial charge is 0.443 e. The van der Waals surface area contributed by atoms with Crippen molar-refractivity contribution in [2.75, 3.05) is 0 Å². The lowest BCUT2D eigenvalue weighted by Gasteiger charge is -2.18. The molecule has 0 aliphatic carbocycles. The molecule has 0 fully saturated rings. The fourth-order valence-corrected chi connectivity index (χ4v) is 0.348. The fourth-order valence-electron chi connectivity index (χ4n) is 0.348. The summed E-state index contributed by atoms with van der Waals surface area (Å²) in [5.41, 5.74) is -0.482. The smallest absolute Gasteiger partial charge is 0.334 e. The number of rotatable bonds is 2. The van der Waals surface area contributed by atoms with Crippen LogP contribution >= 0.6 is 0 Å². The van der Waals surface area contributed by atoms with Crippen LogP contribution in [0.4, 0.5) is 0 Å². The summed E-state index contributed by atoms with van der Waals surface area (Å²) in [5, 5.41) is 0. The van der Waals surface area contributed by atoms with Crippen LogP contribution in [0.25, 0.3) is 0 Å². The van der Waals surface area contributed by atoms with Crippen molar-refractivity contribution >= 4 is 5.97 Å². The maximum Gasteiger partial charge on any atom is 0.334 e. The number of carbonyl (C=O) groups is 1. The van der Waals surface area contributed by atoms with Gasteiger partial charge in [0.25, 0.3) is 0 Å². The van der Waals surface area contributed by atoms with Gasteiger partial charge in [-0.05, 0) is 20.8 Å². The molecule has 0 aromatic carbocycles. The summed E-state index contributed by atoms with van der Waals surface area (Å²) in [6.45, 7) is 8.30. The van der Waals surface area contributed by atoms with Gasteiger partial charge in [-0.2, -0.15) is 0 Å². The molecule has 2 heteroatoms. The third-order valence-electron chi connectivity index (χ3n) is 1.04. The molecule has 11 heavy (non-hydrogen) atoms. The lowest BCUT2D eigenvalue weighted by atomic mass is 10.1. The minimum Gasteiger partial charge on any atom is -0.443 e. The van der Waals surface area contributed by atoms with Crippen LogP contribution in [0.3, 0.4) is 0 Å². The molecule has 60 valence electrons. The molecule has 0 heterocycles. The quantitative estimate of drug-likeness (QED) is 0.340. The van der Waals surface area contributed by atoms with Crippen molar-refractivity contribution < 1.29 is 9.53 Å². The summed E-state index contributed by atoms with van der Waals surface area (Å²) >= 11 is 0. The average Bonchev–Trinajstić information content (AvgIpc) is 1.87. The maximum absolute atomic E-state index is 10.9. The fraction of sp³-hybridized carbons (Fsp3) is 0.444. The minimum atomic E-state index is -0.837. The van der Waals surface area contributed by atoms with Crippen molar-refractivity contribution in [1.29, 1.82) is 0 Å². The van der Waals surface area contributed by atoms with Crippen LogP contribution in [0.5, 0.6) is 0 Å². The second-order valence-electron chi connectivity index (χ2n) is 2.82. The van der Waals surface area contributed by atoms with Crippen LogP contribution in [0.15, 0.2) is 12.2 Å². The van der Waals surface area contributed by atoms with E-state index in [2.05, 4.69) is 12.5 Å². The molecule has 0 saturated carbocycles. The highest BCUT2D eigenvalue weighted by molar-refractivity contribution is 5.87. The normalized spacial score (nSPS) is 10.0. The van der Waals surface area contributed by atoms with E-state index in [4.69, 9.17) is 11.2 Å². The lowest BCUT2D eigenvalue weighted by molar-refractivity contribution is -0.146. The Labute approximate surface area is 67.2 Å². The molecular weight excluding hydrogens is 140 g/mol. The van der Waals surface area contributed by atoms with Crippen LogP contribution in [-0.2, 0) is 9.53 Å². The zero-order valence-electron chi connectivity index (χ0n) is 7.10. The summed E-state index contributed by atoms with van der Waals surface area (Å²) in [6, 6.07) is 0. The average molecular weight is 152 g/mol. The Morgan fingerprint density at radius 2 is 2.09 bits per heavy atom. The van der Waals surface area contributed by atoms with Gasteiger partial charge in [0, 0.05) is 5.57 Å². The molecule has 0 atom stereocenters. The van der Waals surface area contributed by atoms with E-state index in [1.54, 1.807) is 20.8 Å². The first-order valence-electron chi connectivity index (χ1n) is 3.25. The SMILES string of the molecule is C#CC(C)(C)OC(=O)C(=C)C. The predicted molar refractivity (Wildman–Crippen MR) is 43.8 cm³/mol. The van der Waals surface area contributed by atoms with Gasteiger partial charge < -0.3 is 4.74 Å². The Balaban J connectivity index is 4.19. The molecule has 0 saturated heterocycles. The van der Waals surface area contributed by atoms with Gasteiger partial charge in [0.2, 0.25) is 0 Å². The van der Waals surface area contributed by atoms with Gasteiger partial charge in [0.15, 0.2) is 5.60 Å². The highest BCUT2D eigenvalue weighted by Crippen LogP contribution is 2.09. The van der Waals surface area contributed by atoms with Crippen LogP contribution in [0.1, 0.15) is 20.8 Å². The van der Waals surface area contributed by atoms with E-state index in [1.165, 1.54) is 0 Å². The molecule has 0 bridgehead atoms. The first-order chi connectivity index (χ1) is 4.89. The molecule has 2 nitrogen and oxygen atoms in total. The van der Waals surface area contributed by atoms with E-state index in [0.29, 0.717) is 5.57 Å². The van der Waals surface area contributed by atoms with Gasteiger partial charge in [-0.15, -0.1) is 6.42 Å². The second-order valence-corrected chi connectivity index (χ2v) is 2.82. The molecule has 0 spiro atoms. The summed E-state index contributed by atoms with van der Waals surface area (Å²) in [4.78, 5) is 10.9. The van der Waals surface area contributed by atoms with Gasteiger partial charge >= 0.3 is 5.97 Å². The first kappa shape index (κ1) is 9.77. The Hall–Kier alpha value is -1.23. The molecular formula is C9H12O2. The Morgan fingerprint density at radius 3 is 2.36 bits per heavy atom. The number of hydrogen-bond acceptors (Lipinski definition) is 2. The third kappa shape index (κ3) is 3.47. The zero-order chi connectivity index (χ0) is 9.07. The Bertz CT molecular complexity index is 218. The molecule has 0 radical (unpaired) electrons. The van der Waals surface area contributed by atoms with E-state index < -0.39 is 11.6 Å². The van der Waals surface area contributed by atoms with Gasteiger partial charge in [0.1, 0.15) is 0 Å². The van der Waals surface area contributed by atoms with E-state index in [0.717, 1.165) is 0 Å². The summed E-state index contributed by atoms with van der Waals surface area (Å²) in [6.07, 6.45) is 5.10. The third-order valence-corrected chi connectivity index (χ3v) is 1.04. The number of ether oxygens (including phenoxy) is 1. The zero-order valence-corrected chi connectivity index (χ0v) is 7.10. The van der Waals surface area contributed by atoms with Gasteiger partial charge in [0.05, 0.1) is 0 Å². The summed E-state index contributed by atoms with van der Waals surface area (Å²) in [5.74, 6) is 1.89. The number of terminal acetylenes is 1. The molecule has 0 aliphatic rings. The highest BCUT2D eigenvalue weighted by atomic mass is 16.6. The van der Waals surface area contributed by atoms with Crippen molar-refractivity contribution in [3.05, 3.63) is 12.2 Å². The van der Waals surface area contributed by atoms with Crippen molar-refractivity contribution in [3.8, 4) is 12.3 Å². The molecule has 0 aromatic rings. The maximum atomic E-state index is 10.9. The highest BCUT2D eigenvalue weighted by Gasteiger charge is 2.19. The number of carbonyl (C=O) groups excluding carboxylic acids is 1. The second kappa shape index (κ2) is 3.25. The van der Waals surface area contributed by atoms with Crippen molar-refractivity contribution in [1.82, 2.24) is 0 Å². The predicted octanol–water partition coefficient (Wildman–Crippen LogP) is 1.52. The molecule has 0 aromatic heterocycles. The molecule has 0 amide bonds. The lowest BCUT2D eigenvalue weighted by Crippen LogP contribution is -2.26. The summed E-state index contributed by atoms with van der Waals surface area (Å²) < 4.78 is 4.87. The molecule has 0 rings (SSSR count). The van der Waals surface area contributed by atoms with Crippen LogP contribution in [-0.4, -0.2) is 11.6 Å².